The fourth-order valence-corrected chi connectivity index (χ4v) is 3.51. The fourth-order valence-electron chi connectivity index (χ4n) is 2.74. The van der Waals surface area contributed by atoms with Crippen LogP contribution < -0.4 is 5.73 Å². The van der Waals surface area contributed by atoms with Crippen molar-refractivity contribution in [2.45, 2.75) is 31.2 Å². The minimum absolute atomic E-state index is 0.0669. The topological polar surface area (TPSA) is 26.0 Å². The molecule has 0 amide bonds. The summed E-state index contributed by atoms with van der Waals surface area (Å²) in [7, 11) is 0. The molecule has 1 atom stereocenters. The molecule has 0 aliphatic heterocycles. The molecule has 19 heavy (non-hydrogen) atoms. The maximum absolute atomic E-state index is 12.2. The van der Waals surface area contributed by atoms with Gasteiger partial charge < -0.3 is 5.73 Å². The zero-order valence-electron chi connectivity index (χ0n) is 10.7. The lowest BCUT2D eigenvalue weighted by Gasteiger charge is -2.37. The van der Waals surface area contributed by atoms with E-state index in [2.05, 4.69) is 12.1 Å². The van der Waals surface area contributed by atoms with Gasteiger partial charge in [0.2, 0.25) is 0 Å². The third kappa shape index (κ3) is 3.89. The maximum Gasteiger partial charge on any atom is 0.441 e. The van der Waals surface area contributed by atoms with Crippen LogP contribution in [-0.4, -0.2) is 17.8 Å². The summed E-state index contributed by atoms with van der Waals surface area (Å²) in [4.78, 5) is 0. The van der Waals surface area contributed by atoms with Gasteiger partial charge in [0.05, 0.1) is 0 Å². The third-order valence-electron chi connectivity index (χ3n) is 3.94. The molecular weight excluding hydrogens is 271 g/mol. The highest BCUT2D eigenvalue weighted by Crippen LogP contribution is 2.40. The number of benzene rings is 1. The second-order valence-electron chi connectivity index (χ2n) is 5.19. The number of aryl methyl sites for hydroxylation is 1. The van der Waals surface area contributed by atoms with Crippen LogP contribution >= 0.6 is 11.8 Å². The van der Waals surface area contributed by atoms with Crippen LogP contribution in [0.4, 0.5) is 13.2 Å². The van der Waals surface area contributed by atoms with Crippen molar-refractivity contribution >= 4 is 11.8 Å². The van der Waals surface area contributed by atoms with E-state index in [1.54, 1.807) is 0 Å². The van der Waals surface area contributed by atoms with Gasteiger partial charge in [-0.05, 0) is 48.8 Å². The summed E-state index contributed by atoms with van der Waals surface area (Å²) in [5, 5.41) is 0. The van der Waals surface area contributed by atoms with Gasteiger partial charge in [-0.25, -0.2) is 0 Å². The van der Waals surface area contributed by atoms with Gasteiger partial charge >= 0.3 is 5.51 Å². The van der Waals surface area contributed by atoms with Crippen molar-refractivity contribution in [3.63, 3.8) is 0 Å². The molecule has 2 N–H and O–H groups in total. The summed E-state index contributed by atoms with van der Waals surface area (Å²) in [6.45, 7) is 0.458. The van der Waals surface area contributed by atoms with E-state index in [1.807, 2.05) is 12.1 Å². The molecule has 1 aromatic carbocycles. The van der Waals surface area contributed by atoms with Crippen molar-refractivity contribution in [1.82, 2.24) is 0 Å². The molecule has 0 fully saturated rings. The molecule has 1 nitrogen and oxygen atoms in total. The van der Waals surface area contributed by atoms with Crippen molar-refractivity contribution < 1.29 is 13.2 Å². The Balaban J connectivity index is 2.01. The van der Waals surface area contributed by atoms with E-state index < -0.39 is 5.51 Å². The zero-order valence-corrected chi connectivity index (χ0v) is 11.5. The monoisotopic (exact) mass is 289 g/mol. The number of hydrogen-bond acceptors (Lipinski definition) is 2. The fraction of sp³-hybridized carbons (Fsp3) is 0.571. The van der Waals surface area contributed by atoms with Crippen molar-refractivity contribution in [3.8, 4) is 0 Å². The van der Waals surface area contributed by atoms with Crippen molar-refractivity contribution in [2.75, 3.05) is 12.3 Å². The van der Waals surface area contributed by atoms with Gasteiger partial charge in [0.15, 0.2) is 0 Å². The molecule has 1 unspecified atom stereocenters. The van der Waals surface area contributed by atoms with E-state index >= 15 is 0 Å². The molecule has 0 bridgehead atoms. The molecule has 1 aliphatic carbocycles. The maximum atomic E-state index is 12.2. The molecule has 5 heteroatoms. The Kier molecular flexibility index (Phi) is 4.46. The van der Waals surface area contributed by atoms with E-state index in [9.17, 15) is 13.2 Å². The van der Waals surface area contributed by atoms with Gasteiger partial charge in [0, 0.05) is 5.75 Å². The highest BCUT2D eigenvalue weighted by Gasteiger charge is 2.35. The van der Waals surface area contributed by atoms with E-state index in [4.69, 9.17) is 5.73 Å². The van der Waals surface area contributed by atoms with Gasteiger partial charge in [-0.15, -0.1) is 0 Å². The van der Waals surface area contributed by atoms with Crippen LogP contribution in [0.25, 0.3) is 0 Å². The largest absolute Gasteiger partial charge is 0.441 e. The molecule has 0 heterocycles. The van der Waals surface area contributed by atoms with Crippen LogP contribution in [0.15, 0.2) is 24.3 Å². The number of alkyl halides is 3. The Hall–Kier alpha value is -0.680. The van der Waals surface area contributed by atoms with Gasteiger partial charge in [0.25, 0.3) is 0 Å². The lowest BCUT2D eigenvalue weighted by molar-refractivity contribution is -0.0329. The molecule has 0 saturated heterocycles. The highest BCUT2D eigenvalue weighted by molar-refractivity contribution is 8.00. The molecule has 2 rings (SSSR count). The number of thioether (sulfide) groups is 1. The second-order valence-corrected chi connectivity index (χ2v) is 6.35. The Morgan fingerprint density at radius 2 is 1.89 bits per heavy atom. The van der Waals surface area contributed by atoms with Gasteiger partial charge in [0.1, 0.15) is 0 Å². The summed E-state index contributed by atoms with van der Waals surface area (Å²) >= 11 is 0.0669. The summed E-state index contributed by atoms with van der Waals surface area (Å²) in [6.07, 6.45) is 3.14. The Labute approximate surface area is 115 Å². The average Bonchev–Trinajstić information content (AvgIpc) is 2.37. The van der Waals surface area contributed by atoms with Gasteiger partial charge in [-0.2, -0.15) is 13.2 Å². The number of fused-ring (bicyclic) bond motifs is 1. The summed E-state index contributed by atoms with van der Waals surface area (Å²) in [5.74, 6) is 0.100. The van der Waals surface area contributed by atoms with Crippen molar-refractivity contribution in [2.24, 2.45) is 11.1 Å². The molecule has 1 aliphatic rings. The molecule has 0 aromatic heterocycles. The normalized spacial score (nSPS) is 23.2. The molecule has 0 spiro atoms. The van der Waals surface area contributed by atoms with Gasteiger partial charge in [-0.1, -0.05) is 36.0 Å². The summed E-state index contributed by atoms with van der Waals surface area (Å²) in [5.41, 5.74) is 4.12. The number of nitrogens with two attached hydrogens (primary N) is 1. The van der Waals surface area contributed by atoms with Crippen molar-refractivity contribution in [1.29, 1.82) is 0 Å². The minimum Gasteiger partial charge on any atom is -0.330 e. The highest BCUT2D eigenvalue weighted by atomic mass is 32.2. The predicted molar refractivity (Wildman–Crippen MR) is 73.1 cm³/mol. The van der Waals surface area contributed by atoms with E-state index in [0.29, 0.717) is 13.0 Å². The Morgan fingerprint density at radius 1 is 1.21 bits per heavy atom. The average molecular weight is 289 g/mol. The first-order valence-electron chi connectivity index (χ1n) is 6.42. The van der Waals surface area contributed by atoms with E-state index in [0.717, 1.165) is 19.3 Å². The molecular formula is C14H18F3NS. The van der Waals surface area contributed by atoms with Crippen LogP contribution in [0.2, 0.25) is 0 Å². The first-order valence-corrected chi connectivity index (χ1v) is 7.40. The summed E-state index contributed by atoms with van der Waals surface area (Å²) in [6, 6.07) is 8.15. The van der Waals surface area contributed by atoms with Crippen molar-refractivity contribution in [3.05, 3.63) is 35.4 Å². The molecule has 0 radical (unpaired) electrons. The van der Waals surface area contributed by atoms with Gasteiger partial charge in [-0.3, -0.25) is 0 Å². The Bertz CT molecular complexity index is 433. The van der Waals surface area contributed by atoms with E-state index in [1.165, 1.54) is 11.1 Å². The molecule has 1 aromatic rings. The smallest absolute Gasteiger partial charge is 0.330 e. The lowest BCUT2D eigenvalue weighted by atomic mass is 9.70. The number of hydrogen-bond donors (Lipinski definition) is 1. The minimum atomic E-state index is -4.14. The van der Waals surface area contributed by atoms with Crippen LogP contribution in [0.3, 0.4) is 0 Å². The molecule has 0 saturated carbocycles. The van der Waals surface area contributed by atoms with Crippen LogP contribution in [0.1, 0.15) is 24.0 Å². The van der Waals surface area contributed by atoms with Crippen LogP contribution in [0.5, 0.6) is 0 Å². The SMILES string of the molecule is NCC1(CCSC(F)(F)F)CCc2ccccc2C1. The van der Waals surface area contributed by atoms with Crippen LogP contribution in [0, 0.1) is 5.41 Å². The molecule has 106 valence electrons. The zero-order chi connectivity index (χ0) is 13.9. The number of halogens is 3. The first-order chi connectivity index (χ1) is 8.94. The Morgan fingerprint density at radius 3 is 2.53 bits per heavy atom. The lowest BCUT2D eigenvalue weighted by Crippen LogP contribution is -2.37. The van der Waals surface area contributed by atoms with Crippen LogP contribution in [-0.2, 0) is 12.8 Å². The number of rotatable bonds is 4. The second kappa shape index (κ2) is 5.75. The summed E-state index contributed by atoms with van der Waals surface area (Å²) < 4.78 is 36.6. The first kappa shape index (κ1) is 14.7. The van der Waals surface area contributed by atoms with E-state index in [-0.39, 0.29) is 22.9 Å². The standard InChI is InChI=1S/C14H18F3NS/c15-14(16,17)19-8-7-13(10-18)6-5-11-3-1-2-4-12(11)9-13/h1-4H,5-10,18H2. The third-order valence-corrected chi connectivity index (χ3v) is 4.68. The predicted octanol–water partition coefficient (Wildman–Crippen LogP) is 3.76. The quantitative estimate of drug-likeness (QED) is 0.913.